The van der Waals surface area contributed by atoms with E-state index in [0.29, 0.717) is 27.6 Å². The Balaban J connectivity index is 1.33. The molecular formula is C26H22Cl2N2O3. The average Bonchev–Trinajstić information content (AvgIpc) is 3.59. The van der Waals surface area contributed by atoms with Gasteiger partial charge in [-0.1, -0.05) is 65.7 Å². The standard InChI is InChI=1S/C26H22Cl2N2O3/c27-19-9-6-14(11-20(19)28)29-24(31)21(10-13-4-2-1-3-5-13)30-25(32)22-15-7-8-16(18-12-17(15)18)23(22)26(30)33/h1-9,11,15-18,21-23H,10,12H2,(H,29,31). The van der Waals surface area contributed by atoms with E-state index in [1.165, 1.54) is 4.90 Å². The van der Waals surface area contributed by atoms with Gasteiger partial charge in [-0.3, -0.25) is 19.3 Å². The molecule has 5 nitrogen and oxygen atoms in total. The number of imide groups is 1. The van der Waals surface area contributed by atoms with Crippen LogP contribution in [-0.2, 0) is 20.8 Å². The molecule has 1 saturated heterocycles. The van der Waals surface area contributed by atoms with Crippen LogP contribution in [-0.4, -0.2) is 28.7 Å². The molecule has 7 atom stereocenters. The molecule has 2 saturated carbocycles. The van der Waals surface area contributed by atoms with E-state index in [-0.39, 0.29) is 41.9 Å². The lowest BCUT2D eigenvalue weighted by Crippen LogP contribution is -2.49. The maximum atomic E-state index is 13.6. The molecule has 5 aliphatic rings. The molecule has 33 heavy (non-hydrogen) atoms. The number of carbonyl (C=O) groups excluding carboxylic acids is 3. The average molecular weight is 481 g/mol. The van der Waals surface area contributed by atoms with Crippen molar-refractivity contribution in [3.63, 3.8) is 0 Å². The Morgan fingerprint density at radius 2 is 1.58 bits per heavy atom. The zero-order chi connectivity index (χ0) is 22.9. The van der Waals surface area contributed by atoms with E-state index in [1.807, 2.05) is 30.3 Å². The second-order valence-corrected chi connectivity index (χ2v) is 10.3. The minimum atomic E-state index is -0.941. The van der Waals surface area contributed by atoms with Gasteiger partial charge in [0.1, 0.15) is 6.04 Å². The van der Waals surface area contributed by atoms with Crippen LogP contribution in [0.5, 0.6) is 0 Å². The molecule has 3 fully saturated rings. The van der Waals surface area contributed by atoms with Crippen molar-refractivity contribution in [2.45, 2.75) is 18.9 Å². The number of carbonyl (C=O) groups is 3. The topological polar surface area (TPSA) is 66.5 Å². The predicted octanol–water partition coefficient (Wildman–Crippen LogP) is 4.60. The van der Waals surface area contributed by atoms with E-state index in [4.69, 9.17) is 23.2 Å². The Bertz CT molecular complexity index is 1160. The van der Waals surface area contributed by atoms with E-state index in [0.717, 1.165) is 12.0 Å². The van der Waals surface area contributed by atoms with Gasteiger partial charge >= 0.3 is 0 Å². The van der Waals surface area contributed by atoms with Crippen molar-refractivity contribution in [2.24, 2.45) is 35.5 Å². The number of likely N-dealkylation sites (tertiary alicyclic amines) is 1. The molecule has 1 heterocycles. The SMILES string of the molecule is O=C(Nc1ccc(Cl)c(Cl)c1)C(Cc1ccccc1)N1C(=O)C2C3C=CC(C4CC34)C2C1=O. The normalized spacial score (nSPS) is 31.9. The summed E-state index contributed by atoms with van der Waals surface area (Å²) < 4.78 is 0. The molecule has 0 aromatic heterocycles. The van der Waals surface area contributed by atoms with Crippen molar-refractivity contribution >= 4 is 46.6 Å². The highest BCUT2D eigenvalue weighted by Crippen LogP contribution is 2.65. The molecule has 0 radical (unpaired) electrons. The van der Waals surface area contributed by atoms with Crippen LogP contribution in [0.15, 0.2) is 60.7 Å². The number of nitrogens with zero attached hydrogens (tertiary/aromatic N) is 1. The van der Waals surface area contributed by atoms with Crippen LogP contribution in [0, 0.1) is 35.5 Å². The van der Waals surface area contributed by atoms with Gasteiger partial charge in [0.25, 0.3) is 0 Å². The van der Waals surface area contributed by atoms with Gasteiger partial charge in [-0.25, -0.2) is 0 Å². The lowest BCUT2D eigenvalue weighted by atomic mass is 9.63. The molecule has 7 heteroatoms. The van der Waals surface area contributed by atoms with Crippen LogP contribution in [0.25, 0.3) is 0 Å². The van der Waals surface area contributed by atoms with Gasteiger partial charge in [-0.15, -0.1) is 0 Å². The first kappa shape index (κ1) is 20.9. The third kappa shape index (κ3) is 3.32. The molecule has 4 aliphatic carbocycles. The third-order valence-electron chi connectivity index (χ3n) is 7.77. The van der Waals surface area contributed by atoms with Crippen molar-refractivity contribution in [3.05, 3.63) is 76.3 Å². The summed E-state index contributed by atoms with van der Waals surface area (Å²) in [5.74, 6) is -0.266. The summed E-state index contributed by atoms with van der Waals surface area (Å²) in [5.41, 5.74) is 1.35. The van der Waals surface area contributed by atoms with E-state index < -0.39 is 11.9 Å². The molecule has 3 amide bonds. The summed E-state index contributed by atoms with van der Waals surface area (Å²) in [6.45, 7) is 0. The van der Waals surface area contributed by atoms with Crippen molar-refractivity contribution in [3.8, 4) is 0 Å². The molecule has 168 valence electrons. The van der Waals surface area contributed by atoms with Crippen molar-refractivity contribution in [1.82, 2.24) is 4.90 Å². The van der Waals surface area contributed by atoms with Gasteiger partial charge < -0.3 is 5.32 Å². The lowest BCUT2D eigenvalue weighted by molar-refractivity contribution is -0.146. The number of hydrogen-bond acceptors (Lipinski definition) is 3. The van der Waals surface area contributed by atoms with Gasteiger partial charge in [-0.2, -0.15) is 0 Å². The van der Waals surface area contributed by atoms with Crippen molar-refractivity contribution in [2.75, 3.05) is 5.32 Å². The quantitative estimate of drug-likeness (QED) is 0.502. The summed E-state index contributed by atoms with van der Waals surface area (Å²) >= 11 is 12.1. The fourth-order valence-corrected chi connectivity index (χ4v) is 6.52. The molecular weight excluding hydrogens is 459 g/mol. The predicted molar refractivity (Wildman–Crippen MR) is 126 cm³/mol. The number of benzene rings is 2. The van der Waals surface area contributed by atoms with Crippen LogP contribution in [0.4, 0.5) is 5.69 Å². The van der Waals surface area contributed by atoms with Crippen LogP contribution < -0.4 is 5.32 Å². The molecule has 1 N–H and O–H groups in total. The number of nitrogens with one attached hydrogen (secondary N) is 1. The highest BCUT2D eigenvalue weighted by Gasteiger charge is 2.67. The molecule has 7 unspecified atom stereocenters. The van der Waals surface area contributed by atoms with Gasteiger partial charge in [0.05, 0.1) is 21.9 Å². The second-order valence-electron chi connectivity index (χ2n) is 9.52. The largest absolute Gasteiger partial charge is 0.324 e. The third-order valence-corrected chi connectivity index (χ3v) is 8.51. The fraction of sp³-hybridized carbons (Fsp3) is 0.346. The monoisotopic (exact) mass is 480 g/mol. The van der Waals surface area contributed by atoms with Crippen LogP contribution in [0.1, 0.15) is 12.0 Å². The number of anilines is 1. The maximum absolute atomic E-state index is 13.6. The molecule has 2 aromatic rings. The number of allylic oxidation sites excluding steroid dienone is 2. The fourth-order valence-electron chi connectivity index (χ4n) is 6.23. The Labute approximate surface area is 201 Å². The maximum Gasteiger partial charge on any atom is 0.248 e. The first-order chi connectivity index (χ1) is 15.9. The molecule has 2 bridgehead atoms. The number of amides is 3. The Morgan fingerprint density at radius 3 is 2.18 bits per heavy atom. The first-order valence-electron chi connectivity index (χ1n) is 11.3. The summed E-state index contributed by atoms with van der Waals surface area (Å²) in [6.07, 6.45) is 5.62. The second kappa shape index (κ2) is 7.71. The summed E-state index contributed by atoms with van der Waals surface area (Å²) in [6, 6.07) is 13.3. The number of rotatable bonds is 5. The highest BCUT2D eigenvalue weighted by molar-refractivity contribution is 6.42. The van der Waals surface area contributed by atoms with Gasteiger partial charge in [0.2, 0.25) is 17.7 Å². The molecule has 0 spiro atoms. The summed E-state index contributed by atoms with van der Waals surface area (Å²) in [7, 11) is 0. The Hall–Kier alpha value is -2.63. The minimum absolute atomic E-state index is 0.113. The van der Waals surface area contributed by atoms with E-state index in [2.05, 4.69) is 17.5 Å². The summed E-state index contributed by atoms with van der Waals surface area (Å²) in [4.78, 5) is 42.0. The van der Waals surface area contributed by atoms with Gasteiger partial charge in [0, 0.05) is 12.1 Å². The summed E-state index contributed by atoms with van der Waals surface area (Å²) in [5, 5.41) is 3.54. The highest BCUT2D eigenvalue weighted by atomic mass is 35.5. The molecule has 1 aliphatic heterocycles. The van der Waals surface area contributed by atoms with Gasteiger partial charge in [-0.05, 0) is 53.9 Å². The number of halogens is 2. The van der Waals surface area contributed by atoms with Crippen LogP contribution >= 0.6 is 23.2 Å². The lowest BCUT2D eigenvalue weighted by Gasteiger charge is -2.37. The van der Waals surface area contributed by atoms with Crippen molar-refractivity contribution < 1.29 is 14.4 Å². The van der Waals surface area contributed by atoms with E-state index in [1.54, 1.807) is 18.2 Å². The smallest absolute Gasteiger partial charge is 0.248 e. The Morgan fingerprint density at radius 1 is 0.939 bits per heavy atom. The van der Waals surface area contributed by atoms with Crippen molar-refractivity contribution in [1.29, 1.82) is 0 Å². The zero-order valence-corrected chi connectivity index (χ0v) is 19.2. The van der Waals surface area contributed by atoms with Crippen LogP contribution in [0.2, 0.25) is 10.0 Å². The number of hydrogen-bond donors (Lipinski definition) is 1. The van der Waals surface area contributed by atoms with Crippen LogP contribution in [0.3, 0.4) is 0 Å². The zero-order valence-electron chi connectivity index (χ0n) is 17.7. The minimum Gasteiger partial charge on any atom is -0.324 e. The van der Waals surface area contributed by atoms with E-state index >= 15 is 0 Å². The first-order valence-corrected chi connectivity index (χ1v) is 12.0. The van der Waals surface area contributed by atoms with E-state index in [9.17, 15) is 14.4 Å². The molecule has 2 aromatic carbocycles. The van der Waals surface area contributed by atoms with Gasteiger partial charge in [0.15, 0.2) is 0 Å². The Kier molecular flexibility index (Phi) is 4.89. The molecule has 7 rings (SSSR count).